The van der Waals surface area contributed by atoms with Crippen molar-refractivity contribution in [3.8, 4) is 28.3 Å². The number of hydrogen-bond donors (Lipinski definition) is 2. The molecule has 5 rings (SSSR count). The van der Waals surface area contributed by atoms with Crippen molar-refractivity contribution >= 4 is 16.9 Å². The summed E-state index contributed by atoms with van der Waals surface area (Å²) in [7, 11) is 0. The SMILES string of the molecule is Nc1ncnc2c(-c3ccc(OCCn4ccnc4)cc3)cn(-c3ccc(O)cc3)c12. The van der Waals surface area contributed by atoms with Gasteiger partial charge in [-0.25, -0.2) is 15.0 Å². The topological polar surface area (TPSA) is 104 Å². The molecule has 5 aromatic rings. The Morgan fingerprint density at radius 3 is 2.55 bits per heavy atom. The fourth-order valence-electron chi connectivity index (χ4n) is 3.53. The van der Waals surface area contributed by atoms with Gasteiger partial charge in [-0.3, -0.25) is 0 Å². The summed E-state index contributed by atoms with van der Waals surface area (Å²) in [6.45, 7) is 1.29. The van der Waals surface area contributed by atoms with Gasteiger partial charge in [-0.05, 0) is 42.0 Å². The summed E-state index contributed by atoms with van der Waals surface area (Å²) >= 11 is 0. The zero-order chi connectivity index (χ0) is 21.2. The average molecular weight is 412 g/mol. The predicted molar refractivity (Wildman–Crippen MR) is 118 cm³/mol. The lowest BCUT2D eigenvalue weighted by Gasteiger charge is -2.07. The van der Waals surface area contributed by atoms with E-state index in [1.54, 1.807) is 24.7 Å². The lowest BCUT2D eigenvalue weighted by Crippen LogP contribution is -2.06. The number of phenolic OH excluding ortho intramolecular Hbond substituents is 1. The number of aromatic hydroxyl groups is 1. The van der Waals surface area contributed by atoms with Gasteiger partial charge < -0.3 is 24.7 Å². The van der Waals surface area contributed by atoms with E-state index in [9.17, 15) is 5.11 Å². The maximum Gasteiger partial charge on any atom is 0.151 e. The molecular formula is C23H20N6O2. The largest absolute Gasteiger partial charge is 0.508 e. The number of nitrogens with two attached hydrogens (primary N) is 1. The third kappa shape index (κ3) is 3.66. The molecule has 2 aromatic carbocycles. The van der Waals surface area contributed by atoms with Crippen molar-refractivity contribution in [2.45, 2.75) is 6.54 Å². The van der Waals surface area contributed by atoms with Crippen LogP contribution in [0.4, 0.5) is 5.82 Å². The minimum Gasteiger partial charge on any atom is -0.508 e. The predicted octanol–water partition coefficient (Wildman–Crippen LogP) is 3.65. The zero-order valence-electron chi connectivity index (χ0n) is 16.6. The second-order valence-corrected chi connectivity index (χ2v) is 7.06. The van der Waals surface area contributed by atoms with Crippen LogP contribution in [-0.4, -0.2) is 35.8 Å². The summed E-state index contributed by atoms with van der Waals surface area (Å²) in [5.74, 6) is 1.39. The normalized spacial score (nSPS) is 11.1. The standard InChI is InChI=1S/C23H20N6O2/c24-23-22-21(26-14-27-23)20(13-29(22)17-3-5-18(30)6-4-17)16-1-7-19(8-2-16)31-12-11-28-10-9-25-15-28/h1-10,13-15,30H,11-12H2,(H2,24,26,27). The van der Waals surface area contributed by atoms with Crippen LogP contribution in [0.1, 0.15) is 0 Å². The highest BCUT2D eigenvalue weighted by Crippen LogP contribution is 2.34. The van der Waals surface area contributed by atoms with Crippen molar-refractivity contribution in [3.05, 3.63) is 79.8 Å². The van der Waals surface area contributed by atoms with Gasteiger partial charge >= 0.3 is 0 Å². The van der Waals surface area contributed by atoms with E-state index < -0.39 is 0 Å². The van der Waals surface area contributed by atoms with Crippen LogP contribution in [0.25, 0.3) is 27.8 Å². The smallest absolute Gasteiger partial charge is 0.151 e. The van der Waals surface area contributed by atoms with Gasteiger partial charge in [0.05, 0.1) is 12.9 Å². The summed E-state index contributed by atoms with van der Waals surface area (Å²) in [5.41, 5.74) is 10.4. The maximum atomic E-state index is 9.62. The molecule has 3 heterocycles. The molecule has 8 nitrogen and oxygen atoms in total. The minimum atomic E-state index is 0.202. The third-order valence-corrected chi connectivity index (χ3v) is 5.08. The van der Waals surface area contributed by atoms with Gasteiger partial charge in [0.25, 0.3) is 0 Å². The quantitative estimate of drug-likeness (QED) is 0.441. The second-order valence-electron chi connectivity index (χ2n) is 7.06. The Labute approximate surface area is 178 Å². The fourth-order valence-corrected chi connectivity index (χ4v) is 3.53. The number of nitrogen functional groups attached to an aromatic ring is 1. The monoisotopic (exact) mass is 412 g/mol. The van der Waals surface area contributed by atoms with Crippen LogP contribution in [0.2, 0.25) is 0 Å². The Bertz CT molecular complexity index is 1310. The van der Waals surface area contributed by atoms with Crippen LogP contribution in [0, 0.1) is 0 Å². The first kappa shape index (κ1) is 18.7. The molecule has 0 saturated carbocycles. The number of phenols is 1. The van der Waals surface area contributed by atoms with Crippen LogP contribution in [0.3, 0.4) is 0 Å². The molecule has 0 amide bonds. The molecule has 0 saturated heterocycles. The molecule has 0 fully saturated rings. The number of hydrogen-bond acceptors (Lipinski definition) is 6. The summed E-state index contributed by atoms with van der Waals surface area (Å²) in [6, 6.07) is 14.8. The molecule has 3 aromatic heterocycles. The zero-order valence-corrected chi connectivity index (χ0v) is 16.6. The second kappa shape index (κ2) is 7.83. The Balaban J connectivity index is 1.46. The van der Waals surface area contributed by atoms with Crippen molar-refractivity contribution in [1.82, 2.24) is 24.1 Å². The number of benzene rings is 2. The van der Waals surface area contributed by atoms with Crippen molar-refractivity contribution in [1.29, 1.82) is 0 Å². The van der Waals surface area contributed by atoms with E-state index in [4.69, 9.17) is 10.5 Å². The highest BCUT2D eigenvalue weighted by atomic mass is 16.5. The van der Waals surface area contributed by atoms with E-state index in [0.717, 1.165) is 40.1 Å². The number of fused-ring (bicyclic) bond motifs is 1. The molecule has 0 bridgehead atoms. The molecule has 154 valence electrons. The summed E-state index contributed by atoms with van der Waals surface area (Å²) in [4.78, 5) is 12.7. The number of rotatable bonds is 6. The highest BCUT2D eigenvalue weighted by Gasteiger charge is 2.16. The molecule has 3 N–H and O–H groups in total. The molecule has 0 aliphatic carbocycles. The van der Waals surface area contributed by atoms with Gasteiger partial charge in [0.15, 0.2) is 5.82 Å². The van der Waals surface area contributed by atoms with Gasteiger partial charge in [-0.15, -0.1) is 0 Å². The molecule has 0 spiro atoms. The fraction of sp³-hybridized carbons (Fsp3) is 0.0870. The summed E-state index contributed by atoms with van der Waals surface area (Å²) in [6.07, 6.45) is 8.88. The van der Waals surface area contributed by atoms with Gasteiger partial charge in [-0.1, -0.05) is 12.1 Å². The first-order chi connectivity index (χ1) is 15.2. The Morgan fingerprint density at radius 2 is 1.81 bits per heavy atom. The number of ether oxygens (including phenoxy) is 1. The van der Waals surface area contributed by atoms with E-state index >= 15 is 0 Å². The highest BCUT2D eigenvalue weighted by molar-refractivity contribution is 5.98. The first-order valence-electron chi connectivity index (χ1n) is 9.79. The van der Waals surface area contributed by atoms with Gasteiger partial charge in [0.1, 0.15) is 35.5 Å². The Hall–Kier alpha value is -4.33. The maximum absolute atomic E-state index is 9.62. The Kier molecular flexibility index (Phi) is 4.72. The van der Waals surface area contributed by atoms with Crippen molar-refractivity contribution in [2.24, 2.45) is 0 Å². The summed E-state index contributed by atoms with van der Waals surface area (Å²) < 4.78 is 9.75. The molecule has 8 heteroatoms. The molecular weight excluding hydrogens is 392 g/mol. The van der Waals surface area contributed by atoms with Crippen LogP contribution in [-0.2, 0) is 6.54 Å². The van der Waals surface area contributed by atoms with Crippen molar-refractivity contribution in [2.75, 3.05) is 12.3 Å². The molecule has 0 unspecified atom stereocenters. The number of anilines is 1. The van der Waals surface area contributed by atoms with Crippen LogP contribution < -0.4 is 10.5 Å². The number of aromatic nitrogens is 5. The lowest BCUT2D eigenvalue weighted by atomic mass is 10.1. The molecule has 0 aliphatic rings. The van der Waals surface area contributed by atoms with E-state index in [1.807, 2.05) is 57.9 Å². The average Bonchev–Trinajstić information content (AvgIpc) is 3.44. The van der Waals surface area contributed by atoms with E-state index in [0.29, 0.717) is 12.4 Å². The van der Waals surface area contributed by atoms with Crippen LogP contribution >= 0.6 is 0 Å². The van der Waals surface area contributed by atoms with Crippen molar-refractivity contribution in [3.63, 3.8) is 0 Å². The lowest BCUT2D eigenvalue weighted by molar-refractivity contribution is 0.298. The molecule has 0 atom stereocenters. The number of nitrogens with zero attached hydrogens (tertiary/aromatic N) is 5. The van der Waals surface area contributed by atoms with Gasteiger partial charge in [0.2, 0.25) is 0 Å². The van der Waals surface area contributed by atoms with Crippen LogP contribution in [0.5, 0.6) is 11.5 Å². The van der Waals surface area contributed by atoms with Gasteiger partial charge in [0, 0.05) is 29.8 Å². The minimum absolute atomic E-state index is 0.202. The van der Waals surface area contributed by atoms with Crippen molar-refractivity contribution < 1.29 is 9.84 Å². The third-order valence-electron chi connectivity index (χ3n) is 5.08. The first-order valence-corrected chi connectivity index (χ1v) is 9.79. The van der Waals surface area contributed by atoms with E-state index in [2.05, 4.69) is 15.0 Å². The summed E-state index contributed by atoms with van der Waals surface area (Å²) in [5, 5.41) is 9.62. The Morgan fingerprint density at radius 1 is 1.00 bits per heavy atom. The van der Waals surface area contributed by atoms with E-state index in [-0.39, 0.29) is 5.75 Å². The van der Waals surface area contributed by atoms with Crippen LogP contribution in [0.15, 0.2) is 79.8 Å². The molecule has 0 aliphatic heterocycles. The van der Waals surface area contributed by atoms with E-state index in [1.165, 1.54) is 6.33 Å². The molecule has 0 radical (unpaired) electrons. The number of imidazole rings is 1. The molecule has 31 heavy (non-hydrogen) atoms. The van der Waals surface area contributed by atoms with Gasteiger partial charge in [-0.2, -0.15) is 0 Å².